The fraction of sp³-hybridized carbons (Fsp3) is 0.500. The van der Waals surface area contributed by atoms with Gasteiger partial charge in [-0.3, -0.25) is 9.59 Å². The van der Waals surface area contributed by atoms with E-state index in [1.54, 1.807) is 29.2 Å². The van der Waals surface area contributed by atoms with E-state index in [-0.39, 0.29) is 42.5 Å². The number of carbonyl (C=O) groups excluding carboxylic acids is 2. The number of fused-ring (bicyclic) bond motifs is 1. The lowest BCUT2D eigenvalue weighted by Crippen LogP contribution is -2.46. The molecule has 41 heavy (non-hydrogen) atoms. The molecule has 0 aromatic heterocycles. The normalized spacial score (nSPS) is 14.5. The van der Waals surface area contributed by atoms with Gasteiger partial charge in [-0.15, -0.1) is 3.89 Å². The molecule has 2 aromatic carbocycles. The maximum absolute atomic E-state index is 13.3. The van der Waals surface area contributed by atoms with Crippen molar-refractivity contribution >= 4 is 29.9 Å². The highest BCUT2D eigenvalue weighted by Gasteiger charge is 2.34. The first-order valence-corrected chi connectivity index (χ1v) is 14.6. The van der Waals surface area contributed by atoms with Crippen molar-refractivity contribution in [2.24, 2.45) is 5.73 Å². The van der Waals surface area contributed by atoms with E-state index < -0.39 is 11.1 Å². The minimum Gasteiger partial charge on any atom is -0.397 e. The van der Waals surface area contributed by atoms with E-state index in [1.807, 2.05) is 45.9 Å². The molecule has 2 aromatic rings. The molecule has 7 nitrogen and oxygen atoms in total. The van der Waals surface area contributed by atoms with Crippen molar-refractivity contribution in [3.8, 4) is 17.6 Å². The van der Waals surface area contributed by atoms with Crippen LogP contribution in [-0.2, 0) is 19.7 Å². The molecule has 9 heteroatoms. The molecule has 1 heterocycles. The van der Waals surface area contributed by atoms with Gasteiger partial charge >= 0.3 is 0 Å². The van der Waals surface area contributed by atoms with Gasteiger partial charge in [0, 0.05) is 54.9 Å². The molecular formula is C32H42FN3O4S. The zero-order valence-electron chi connectivity index (χ0n) is 24.9. The first-order chi connectivity index (χ1) is 19.2. The third-order valence-corrected chi connectivity index (χ3v) is 7.62. The lowest BCUT2D eigenvalue weighted by Gasteiger charge is -2.39. The van der Waals surface area contributed by atoms with Crippen molar-refractivity contribution in [2.45, 2.75) is 83.8 Å². The maximum Gasteiger partial charge on any atom is 0.272 e. The van der Waals surface area contributed by atoms with E-state index in [9.17, 15) is 13.5 Å². The number of nitrogens with zero attached hydrogens (tertiary/aromatic N) is 1. The number of benzene rings is 2. The fourth-order valence-corrected chi connectivity index (χ4v) is 4.75. The number of nitrogens with one attached hydrogen (secondary N) is 1. The van der Waals surface area contributed by atoms with Crippen LogP contribution in [-0.4, -0.2) is 42.7 Å². The zero-order valence-corrected chi connectivity index (χ0v) is 25.8. The summed E-state index contributed by atoms with van der Waals surface area (Å²) in [4.78, 5) is 27.8. The van der Waals surface area contributed by atoms with Gasteiger partial charge in [0.05, 0.1) is 5.60 Å². The predicted molar refractivity (Wildman–Crippen MR) is 163 cm³/mol. The van der Waals surface area contributed by atoms with Crippen LogP contribution in [0.3, 0.4) is 0 Å². The maximum atomic E-state index is 13.3. The van der Waals surface area contributed by atoms with Crippen LogP contribution in [0.5, 0.6) is 5.75 Å². The first kappa shape index (κ1) is 32.5. The van der Waals surface area contributed by atoms with Crippen molar-refractivity contribution in [3.63, 3.8) is 0 Å². The van der Waals surface area contributed by atoms with E-state index >= 15 is 0 Å². The van der Waals surface area contributed by atoms with Crippen LogP contribution in [0.15, 0.2) is 42.5 Å². The average Bonchev–Trinajstić information content (AvgIpc) is 2.91. The van der Waals surface area contributed by atoms with Gasteiger partial charge in [0.2, 0.25) is 11.8 Å². The van der Waals surface area contributed by atoms with Crippen LogP contribution in [0.1, 0.15) is 83.9 Å². The smallest absolute Gasteiger partial charge is 0.272 e. The van der Waals surface area contributed by atoms with Gasteiger partial charge in [0.25, 0.3) is 12.4 Å². The standard InChI is InChI=1S/C32H42FN3O4S/c1-30(2)17-19-36(29(38)16-15-28(37)35-31(3,4)18-20-39-32(5,6)22-34)27-14-11-24(21-26(27)30)8-7-23-9-12-25(13-10-23)40-41-33/h9-14,21H,15-20,22,34H2,1-6H3,(H,35,37). The molecule has 3 rings (SSSR count). The molecule has 1 aliphatic heterocycles. The number of rotatable bonds is 11. The van der Waals surface area contributed by atoms with Crippen molar-refractivity contribution in [1.82, 2.24) is 5.32 Å². The van der Waals surface area contributed by atoms with Crippen molar-refractivity contribution in [2.75, 3.05) is 24.6 Å². The molecular weight excluding hydrogens is 541 g/mol. The van der Waals surface area contributed by atoms with Crippen LogP contribution in [0.4, 0.5) is 9.57 Å². The Morgan fingerprint density at radius 1 is 1.07 bits per heavy atom. The van der Waals surface area contributed by atoms with Crippen LogP contribution < -0.4 is 20.1 Å². The lowest BCUT2D eigenvalue weighted by atomic mass is 9.77. The number of anilines is 1. The Morgan fingerprint density at radius 2 is 1.73 bits per heavy atom. The Balaban J connectivity index is 1.63. The second-order valence-corrected chi connectivity index (χ2v) is 12.6. The summed E-state index contributed by atoms with van der Waals surface area (Å²) in [5.41, 5.74) is 8.25. The molecule has 0 spiro atoms. The second kappa shape index (κ2) is 13.7. The fourth-order valence-electron chi connectivity index (χ4n) is 4.57. The number of amides is 2. The molecule has 0 unspecified atom stereocenters. The van der Waals surface area contributed by atoms with Gasteiger partial charge in [-0.25, -0.2) is 0 Å². The van der Waals surface area contributed by atoms with Crippen LogP contribution in [0.25, 0.3) is 0 Å². The molecule has 0 aliphatic carbocycles. The van der Waals surface area contributed by atoms with E-state index in [4.69, 9.17) is 14.7 Å². The molecule has 0 atom stereocenters. The third kappa shape index (κ3) is 9.49. The predicted octanol–water partition coefficient (Wildman–Crippen LogP) is 5.83. The largest absolute Gasteiger partial charge is 0.397 e. The van der Waals surface area contributed by atoms with E-state index in [0.29, 0.717) is 31.9 Å². The summed E-state index contributed by atoms with van der Waals surface area (Å²) < 4.78 is 22.8. The Morgan fingerprint density at radius 3 is 2.39 bits per heavy atom. The van der Waals surface area contributed by atoms with Crippen LogP contribution >= 0.6 is 12.4 Å². The molecule has 0 radical (unpaired) electrons. The summed E-state index contributed by atoms with van der Waals surface area (Å²) in [6.07, 6.45) is 1.67. The van der Waals surface area contributed by atoms with E-state index in [0.717, 1.165) is 28.8 Å². The summed E-state index contributed by atoms with van der Waals surface area (Å²) in [6, 6.07) is 12.8. The number of hydrogen-bond acceptors (Lipinski definition) is 6. The van der Waals surface area contributed by atoms with Crippen molar-refractivity contribution in [3.05, 3.63) is 59.2 Å². The number of ether oxygens (including phenoxy) is 1. The van der Waals surface area contributed by atoms with Gasteiger partial charge in [0.15, 0.2) is 0 Å². The quantitative estimate of drug-likeness (QED) is 0.255. The first-order valence-electron chi connectivity index (χ1n) is 13.9. The molecule has 0 bridgehead atoms. The Hall–Kier alpha value is -3.06. The topological polar surface area (TPSA) is 93.9 Å². The van der Waals surface area contributed by atoms with E-state index in [1.165, 1.54) is 0 Å². The molecule has 0 saturated heterocycles. The molecule has 2 amide bonds. The van der Waals surface area contributed by atoms with Gasteiger partial charge < -0.3 is 24.9 Å². The highest BCUT2D eigenvalue weighted by Crippen LogP contribution is 2.40. The molecule has 0 fully saturated rings. The highest BCUT2D eigenvalue weighted by molar-refractivity contribution is 7.89. The SMILES string of the molecule is CC(C)(CCOC(C)(C)CN)NC(=O)CCC(=O)N1CCC(C)(C)c2cc(C#Cc3ccc(OSF)cc3)ccc21. The summed E-state index contributed by atoms with van der Waals surface area (Å²) in [5.74, 6) is 6.50. The number of halogens is 1. The third-order valence-electron chi connectivity index (χ3n) is 7.37. The molecule has 222 valence electrons. The average molecular weight is 584 g/mol. The van der Waals surface area contributed by atoms with Crippen molar-refractivity contribution in [1.29, 1.82) is 0 Å². The highest BCUT2D eigenvalue weighted by atomic mass is 32.2. The minimum atomic E-state index is -0.465. The van der Waals surface area contributed by atoms with Gasteiger partial charge in [-0.2, -0.15) is 0 Å². The molecule has 3 N–H and O–H groups in total. The summed E-state index contributed by atoms with van der Waals surface area (Å²) in [5, 5.41) is 3.03. The van der Waals surface area contributed by atoms with Crippen LogP contribution in [0, 0.1) is 11.8 Å². The lowest BCUT2D eigenvalue weighted by molar-refractivity contribution is -0.126. The number of nitrogens with two attached hydrogens (primary N) is 1. The Bertz CT molecular complexity index is 1280. The Labute approximate surface area is 248 Å². The number of hydrogen-bond donors (Lipinski definition) is 2. The molecule has 0 saturated carbocycles. The van der Waals surface area contributed by atoms with Gasteiger partial charge in [0.1, 0.15) is 5.75 Å². The number of carbonyl (C=O) groups is 2. The summed E-state index contributed by atoms with van der Waals surface area (Å²) in [6.45, 7) is 13.6. The zero-order chi connectivity index (χ0) is 30.3. The van der Waals surface area contributed by atoms with E-state index in [2.05, 4.69) is 31.0 Å². The summed E-state index contributed by atoms with van der Waals surface area (Å²) in [7, 11) is 0. The van der Waals surface area contributed by atoms with Crippen LogP contribution in [0.2, 0.25) is 0 Å². The second-order valence-electron chi connectivity index (χ2n) is 12.3. The minimum absolute atomic E-state index is 0.0738. The Kier molecular flexibility index (Phi) is 10.9. The monoisotopic (exact) mass is 583 g/mol. The van der Waals surface area contributed by atoms with Gasteiger partial charge in [-0.05, 0) is 94.0 Å². The van der Waals surface area contributed by atoms with Crippen molar-refractivity contribution < 1.29 is 22.4 Å². The molecule has 1 aliphatic rings. The summed E-state index contributed by atoms with van der Waals surface area (Å²) >= 11 is -0.196. The van der Waals surface area contributed by atoms with Gasteiger partial charge in [-0.1, -0.05) is 25.7 Å².